The van der Waals surface area contributed by atoms with Crippen molar-refractivity contribution in [2.45, 2.75) is 57.5 Å². The Morgan fingerprint density at radius 2 is 1.58 bits per heavy atom. The van der Waals surface area contributed by atoms with E-state index in [0.717, 1.165) is 24.8 Å². The lowest BCUT2D eigenvalue weighted by Crippen LogP contribution is -2.43. The smallest absolute Gasteiger partial charge is 0.242 e. The molecule has 1 aliphatic carbocycles. The summed E-state index contributed by atoms with van der Waals surface area (Å²) in [6.45, 7) is 1.83. The lowest BCUT2D eigenvalue weighted by Gasteiger charge is -2.21. The molecule has 0 spiro atoms. The number of nitrogens with one attached hydrogen (secondary N) is 3. The van der Waals surface area contributed by atoms with Crippen LogP contribution in [0.2, 0.25) is 0 Å². The lowest BCUT2D eigenvalue weighted by molar-refractivity contribution is -0.122. The Bertz CT molecular complexity index is 636. The van der Waals surface area contributed by atoms with Crippen molar-refractivity contribution in [3.8, 4) is 0 Å². The number of carbonyl (C=O) groups is 1. The number of benzene rings is 1. The second-order valence-corrected chi connectivity index (χ2v) is 8.26. The first-order chi connectivity index (χ1) is 11.3. The van der Waals surface area contributed by atoms with Crippen LogP contribution in [-0.4, -0.2) is 32.7 Å². The van der Waals surface area contributed by atoms with Gasteiger partial charge < -0.3 is 10.6 Å². The van der Waals surface area contributed by atoms with Crippen molar-refractivity contribution >= 4 is 27.3 Å². The van der Waals surface area contributed by atoms with Crippen molar-refractivity contribution in [3.05, 3.63) is 24.3 Å². The zero-order valence-electron chi connectivity index (χ0n) is 14.3. The van der Waals surface area contributed by atoms with Crippen molar-refractivity contribution in [2.75, 3.05) is 16.3 Å². The van der Waals surface area contributed by atoms with E-state index in [-0.39, 0.29) is 18.0 Å². The third-order valence-corrected chi connectivity index (χ3v) is 4.77. The van der Waals surface area contributed by atoms with Crippen molar-refractivity contribution < 1.29 is 13.2 Å². The first-order valence-electron chi connectivity index (χ1n) is 8.48. The number of carbonyl (C=O) groups excluding carboxylic acids is 1. The van der Waals surface area contributed by atoms with Gasteiger partial charge in [-0.05, 0) is 44.0 Å². The maximum absolute atomic E-state index is 12.3. The van der Waals surface area contributed by atoms with Crippen LogP contribution in [0.25, 0.3) is 0 Å². The molecule has 0 unspecified atom stereocenters. The van der Waals surface area contributed by atoms with Gasteiger partial charge in [0.15, 0.2) is 0 Å². The fourth-order valence-electron chi connectivity index (χ4n) is 2.91. The number of anilines is 2. The van der Waals surface area contributed by atoms with Crippen LogP contribution in [0, 0.1) is 0 Å². The summed E-state index contributed by atoms with van der Waals surface area (Å²) in [4.78, 5) is 12.3. The predicted molar refractivity (Wildman–Crippen MR) is 97.6 cm³/mol. The summed E-state index contributed by atoms with van der Waals surface area (Å²) in [5.41, 5.74) is 1.27. The Balaban J connectivity index is 1.86. The molecule has 6 nitrogen and oxygen atoms in total. The van der Waals surface area contributed by atoms with Crippen LogP contribution < -0.4 is 15.4 Å². The van der Waals surface area contributed by atoms with Gasteiger partial charge in [-0.15, -0.1) is 0 Å². The van der Waals surface area contributed by atoms with Crippen LogP contribution in [0.1, 0.15) is 45.4 Å². The summed E-state index contributed by atoms with van der Waals surface area (Å²) in [5, 5.41) is 6.28. The molecule has 0 radical (unpaired) electrons. The van der Waals surface area contributed by atoms with Gasteiger partial charge in [0.2, 0.25) is 15.9 Å². The van der Waals surface area contributed by atoms with Crippen molar-refractivity contribution in [2.24, 2.45) is 0 Å². The highest BCUT2D eigenvalue weighted by Crippen LogP contribution is 2.18. The van der Waals surface area contributed by atoms with Gasteiger partial charge in [0.05, 0.1) is 6.26 Å². The molecule has 0 aliphatic heterocycles. The van der Waals surface area contributed by atoms with E-state index in [1.165, 1.54) is 25.7 Å². The van der Waals surface area contributed by atoms with Gasteiger partial charge in [-0.25, -0.2) is 8.42 Å². The molecule has 24 heavy (non-hydrogen) atoms. The van der Waals surface area contributed by atoms with Gasteiger partial charge in [0, 0.05) is 17.4 Å². The van der Waals surface area contributed by atoms with Crippen LogP contribution in [-0.2, 0) is 14.8 Å². The normalized spacial score (nSPS) is 17.6. The SMILES string of the molecule is C[C@H](Nc1ccc(NS(C)(=O)=O)cc1)C(=O)NC1CCCCCC1. The van der Waals surface area contributed by atoms with Gasteiger partial charge in [0.25, 0.3) is 0 Å². The molecule has 1 fully saturated rings. The average molecular weight is 353 g/mol. The first kappa shape index (κ1) is 18.6. The highest BCUT2D eigenvalue weighted by atomic mass is 32.2. The third kappa shape index (κ3) is 6.39. The van der Waals surface area contributed by atoms with Gasteiger partial charge in [-0.3, -0.25) is 9.52 Å². The maximum atomic E-state index is 12.3. The molecule has 0 aromatic heterocycles. The molecule has 0 heterocycles. The number of rotatable bonds is 6. The topological polar surface area (TPSA) is 87.3 Å². The molecular weight excluding hydrogens is 326 g/mol. The molecule has 134 valence electrons. The van der Waals surface area contributed by atoms with Crippen LogP contribution >= 0.6 is 0 Å². The minimum atomic E-state index is -3.28. The highest BCUT2D eigenvalue weighted by Gasteiger charge is 2.18. The molecule has 1 atom stereocenters. The minimum absolute atomic E-state index is 0.000220. The Labute approximate surface area is 144 Å². The second kappa shape index (κ2) is 8.37. The molecule has 2 rings (SSSR count). The molecule has 1 aromatic rings. The Kier molecular flexibility index (Phi) is 6.48. The zero-order valence-corrected chi connectivity index (χ0v) is 15.2. The van der Waals surface area contributed by atoms with Crippen LogP contribution in [0.3, 0.4) is 0 Å². The van der Waals surface area contributed by atoms with Gasteiger partial charge in [0.1, 0.15) is 6.04 Å². The number of sulfonamides is 1. The quantitative estimate of drug-likeness (QED) is 0.686. The highest BCUT2D eigenvalue weighted by molar-refractivity contribution is 7.92. The number of hydrogen-bond acceptors (Lipinski definition) is 4. The maximum Gasteiger partial charge on any atom is 0.242 e. The van der Waals surface area contributed by atoms with Gasteiger partial charge >= 0.3 is 0 Å². The number of amides is 1. The fourth-order valence-corrected chi connectivity index (χ4v) is 3.48. The van der Waals surface area contributed by atoms with Crippen molar-refractivity contribution in [3.63, 3.8) is 0 Å². The van der Waals surface area contributed by atoms with Gasteiger partial charge in [-0.2, -0.15) is 0 Å². The van der Waals surface area contributed by atoms with E-state index in [2.05, 4.69) is 15.4 Å². The predicted octanol–water partition coefficient (Wildman–Crippen LogP) is 2.70. The van der Waals surface area contributed by atoms with E-state index in [0.29, 0.717) is 5.69 Å². The fraction of sp³-hybridized carbons (Fsp3) is 0.588. The Hall–Kier alpha value is -1.76. The van der Waals surface area contributed by atoms with Crippen molar-refractivity contribution in [1.29, 1.82) is 0 Å². The summed E-state index contributed by atoms with van der Waals surface area (Å²) >= 11 is 0. The minimum Gasteiger partial charge on any atom is -0.374 e. The molecule has 0 bridgehead atoms. The van der Waals surface area contributed by atoms with E-state index >= 15 is 0 Å². The molecular formula is C17H27N3O3S. The van der Waals surface area contributed by atoms with Crippen LogP contribution in [0.4, 0.5) is 11.4 Å². The summed E-state index contributed by atoms with van der Waals surface area (Å²) in [6, 6.07) is 6.78. The molecule has 1 amide bonds. The van der Waals surface area contributed by atoms with E-state index in [1.54, 1.807) is 24.3 Å². The monoisotopic (exact) mass is 353 g/mol. The molecule has 1 saturated carbocycles. The molecule has 0 saturated heterocycles. The van der Waals surface area contributed by atoms with Crippen molar-refractivity contribution in [1.82, 2.24) is 5.32 Å². The summed E-state index contributed by atoms with van der Waals surface area (Å²) in [5.74, 6) is 0.000220. The number of hydrogen-bond donors (Lipinski definition) is 3. The van der Waals surface area contributed by atoms with E-state index in [4.69, 9.17) is 0 Å². The summed E-state index contributed by atoms with van der Waals surface area (Å²) in [6.07, 6.45) is 8.11. The van der Waals surface area contributed by atoms with E-state index in [9.17, 15) is 13.2 Å². The first-order valence-corrected chi connectivity index (χ1v) is 10.4. The average Bonchev–Trinajstić information content (AvgIpc) is 2.76. The summed E-state index contributed by atoms with van der Waals surface area (Å²) < 4.78 is 24.8. The largest absolute Gasteiger partial charge is 0.374 e. The standard InChI is InChI=1S/C17H27N3O3S/c1-13(17(21)19-14-7-5-3-4-6-8-14)18-15-9-11-16(12-10-15)20-24(2,22)23/h9-14,18,20H,3-8H2,1-2H3,(H,19,21)/t13-/m0/s1. The van der Waals surface area contributed by atoms with Gasteiger partial charge in [-0.1, -0.05) is 25.7 Å². The molecule has 7 heteroatoms. The third-order valence-electron chi connectivity index (χ3n) is 4.17. The van der Waals surface area contributed by atoms with Crippen LogP contribution in [0.15, 0.2) is 24.3 Å². The molecule has 1 aliphatic rings. The lowest BCUT2D eigenvalue weighted by atomic mass is 10.1. The Morgan fingerprint density at radius 3 is 2.12 bits per heavy atom. The summed E-state index contributed by atoms with van der Waals surface area (Å²) in [7, 11) is -3.28. The van der Waals surface area contributed by atoms with E-state index < -0.39 is 10.0 Å². The second-order valence-electron chi connectivity index (χ2n) is 6.51. The molecule has 1 aromatic carbocycles. The zero-order chi connectivity index (χ0) is 17.6. The Morgan fingerprint density at radius 1 is 1.04 bits per heavy atom. The van der Waals surface area contributed by atoms with E-state index in [1.807, 2.05) is 6.92 Å². The van der Waals surface area contributed by atoms with Crippen LogP contribution in [0.5, 0.6) is 0 Å². The molecule has 3 N–H and O–H groups in total.